The quantitative estimate of drug-likeness (QED) is 0.877. The van der Waals surface area contributed by atoms with Gasteiger partial charge in [0, 0.05) is 5.56 Å². The molecule has 0 aromatic carbocycles. The van der Waals surface area contributed by atoms with Crippen molar-refractivity contribution in [3.63, 3.8) is 0 Å². The molecule has 4 nitrogen and oxygen atoms in total. The van der Waals surface area contributed by atoms with Gasteiger partial charge >= 0.3 is 0 Å². The maximum Gasteiger partial charge on any atom is 0.231 e. The summed E-state index contributed by atoms with van der Waals surface area (Å²) in [6.07, 6.45) is 0. The molecule has 0 atom stereocenters. The number of aliphatic hydroxyl groups excluding tert-OH is 1. The van der Waals surface area contributed by atoms with Crippen LogP contribution in [0.25, 0.3) is 0 Å². The largest absolute Gasteiger partial charge is 0.481 e. The number of hydrogen-bond acceptors (Lipinski definition) is 4. The third-order valence-corrected chi connectivity index (χ3v) is 2.11. The van der Waals surface area contributed by atoms with Gasteiger partial charge in [0.25, 0.3) is 0 Å². The molecule has 0 amide bonds. The molecule has 0 aliphatic heterocycles. The van der Waals surface area contributed by atoms with Crippen LogP contribution < -0.4 is 9.47 Å². The zero-order valence-corrected chi connectivity index (χ0v) is 8.96. The second kappa shape index (κ2) is 4.43. The van der Waals surface area contributed by atoms with Crippen LogP contribution in [0.4, 0.5) is 0 Å². The first-order chi connectivity index (χ1) is 6.22. The third-order valence-electron chi connectivity index (χ3n) is 1.54. The Bertz CT molecular complexity index is 304. The molecule has 1 aromatic heterocycles. The Kier molecular flexibility index (Phi) is 3.50. The van der Waals surface area contributed by atoms with E-state index in [2.05, 4.69) is 20.9 Å². The summed E-state index contributed by atoms with van der Waals surface area (Å²) < 4.78 is 10.6. The Morgan fingerprint density at radius 2 is 2.00 bits per heavy atom. The van der Waals surface area contributed by atoms with E-state index in [-0.39, 0.29) is 6.61 Å². The average molecular weight is 248 g/mol. The number of halogens is 1. The normalized spacial score (nSPS) is 9.85. The first-order valence-corrected chi connectivity index (χ1v) is 4.40. The molecule has 0 saturated heterocycles. The first kappa shape index (κ1) is 10.3. The van der Waals surface area contributed by atoms with E-state index in [4.69, 9.17) is 14.6 Å². The lowest BCUT2D eigenvalue weighted by molar-refractivity contribution is 0.269. The highest BCUT2D eigenvalue weighted by atomic mass is 79.9. The second-order valence-corrected chi connectivity index (χ2v) is 3.16. The summed E-state index contributed by atoms with van der Waals surface area (Å²) >= 11 is 3.26. The van der Waals surface area contributed by atoms with Gasteiger partial charge in [0.1, 0.15) is 0 Å². The molecule has 1 heterocycles. The lowest BCUT2D eigenvalue weighted by Gasteiger charge is -2.08. The van der Waals surface area contributed by atoms with E-state index in [1.54, 1.807) is 6.07 Å². The molecule has 0 bridgehead atoms. The van der Waals surface area contributed by atoms with Crippen molar-refractivity contribution in [2.24, 2.45) is 0 Å². The summed E-state index contributed by atoms with van der Waals surface area (Å²) in [7, 11) is 3.01. The summed E-state index contributed by atoms with van der Waals surface area (Å²) in [4.78, 5) is 4.03. The van der Waals surface area contributed by atoms with Gasteiger partial charge in [-0.2, -0.15) is 4.98 Å². The standard InChI is InChI=1S/C8H10BrNO3/c1-12-7-5(4-11)3-6(9)8(10-7)13-2/h3,11H,4H2,1-2H3. The van der Waals surface area contributed by atoms with Crippen LogP contribution in [-0.4, -0.2) is 24.3 Å². The first-order valence-electron chi connectivity index (χ1n) is 3.61. The van der Waals surface area contributed by atoms with E-state index in [0.717, 1.165) is 0 Å². The molecule has 13 heavy (non-hydrogen) atoms. The van der Waals surface area contributed by atoms with Gasteiger partial charge in [-0.3, -0.25) is 0 Å². The van der Waals surface area contributed by atoms with E-state index in [1.807, 2.05) is 0 Å². The van der Waals surface area contributed by atoms with Crippen LogP contribution in [0.1, 0.15) is 5.56 Å². The van der Waals surface area contributed by atoms with Crippen molar-refractivity contribution in [3.05, 3.63) is 16.1 Å². The van der Waals surface area contributed by atoms with Crippen LogP contribution in [0.3, 0.4) is 0 Å². The fraction of sp³-hybridized carbons (Fsp3) is 0.375. The predicted molar refractivity (Wildman–Crippen MR) is 51.0 cm³/mol. The van der Waals surface area contributed by atoms with Gasteiger partial charge in [0.2, 0.25) is 11.8 Å². The van der Waals surface area contributed by atoms with E-state index < -0.39 is 0 Å². The van der Waals surface area contributed by atoms with E-state index in [1.165, 1.54) is 14.2 Å². The van der Waals surface area contributed by atoms with Crippen molar-refractivity contribution >= 4 is 15.9 Å². The molecular formula is C8H10BrNO3. The highest BCUT2D eigenvalue weighted by molar-refractivity contribution is 9.10. The Labute approximate surface area is 84.6 Å². The van der Waals surface area contributed by atoms with E-state index in [9.17, 15) is 0 Å². The molecule has 0 fully saturated rings. The van der Waals surface area contributed by atoms with Gasteiger partial charge in [-0.25, -0.2) is 0 Å². The maximum atomic E-state index is 8.96. The van der Waals surface area contributed by atoms with Crippen LogP contribution in [0.2, 0.25) is 0 Å². The van der Waals surface area contributed by atoms with Gasteiger partial charge < -0.3 is 14.6 Å². The van der Waals surface area contributed by atoms with Crippen LogP contribution in [0.5, 0.6) is 11.8 Å². The zero-order chi connectivity index (χ0) is 9.84. The molecule has 1 aromatic rings. The van der Waals surface area contributed by atoms with Crippen LogP contribution in [0.15, 0.2) is 10.5 Å². The van der Waals surface area contributed by atoms with Crippen molar-refractivity contribution in [1.29, 1.82) is 0 Å². The number of rotatable bonds is 3. The van der Waals surface area contributed by atoms with Crippen molar-refractivity contribution in [1.82, 2.24) is 4.98 Å². The molecule has 0 radical (unpaired) electrons. The molecular weight excluding hydrogens is 238 g/mol. The fourth-order valence-electron chi connectivity index (χ4n) is 0.927. The fourth-order valence-corrected chi connectivity index (χ4v) is 1.45. The number of nitrogens with zero attached hydrogens (tertiary/aromatic N) is 1. The van der Waals surface area contributed by atoms with Crippen LogP contribution in [-0.2, 0) is 6.61 Å². The van der Waals surface area contributed by atoms with Gasteiger partial charge in [0.15, 0.2) is 0 Å². The Morgan fingerprint density at radius 3 is 2.46 bits per heavy atom. The molecule has 0 aliphatic rings. The monoisotopic (exact) mass is 247 g/mol. The SMILES string of the molecule is COc1nc(OC)c(CO)cc1Br. The van der Waals surface area contributed by atoms with Gasteiger partial charge in [0.05, 0.1) is 25.3 Å². The zero-order valence-electron chi connectivity index (χ0n) is 7.37. The van der Waals surface area contributed by atoms with Gasteiger partial charge in [-0.1, -0.05) is 0 Å². The number of methoxy groups -OCH3 is 2. The van der Waals surface area contributed by atoms with Crippen LogP contribution >= 0.6 is 15.9 Å². The summed E-state index contributed by atoms with van der Waals surface area (Å²) in [5, 5.41) is 8.96. The van der Waals surface area contributed by atoms with Crippen molar-refractivity contribution in [2.75, 3.05) is 14.2 Å². The molecule has 5 heteroatoms. The summed E-state index contributed by atoms with van der Waals surface area (Å²) in [6, 6.07) is 1.71. The Hall–Kier alpha value is -0.810. The molecule has 0 unspecified atom stereocenters. The Balaban J connectivity index is 3.18. The number of aromatic nitrogens is 1. The number of pyridine rings is 1. The van der Waals surface area contributed by atoms with E-state index in [0.29, 0.717) is 21.8 Å². The van der Waals surface area contributed by atoms with Gasteiger partial charge in [-0.15, -0.1) is 0 Å². The highest BCUT2D eigenvalue weighted by Crippen LogP contribution is 2.28. The third kappa shape index (κ3) is 2.10. The number of hydrogen-bond donors (Lipinski definition) is 1. The van der Waals surface area contributed by atoms with Crippen molar-refractivity contribution in [3.8, 4) is 11.8 Å². The highest BCUT2D eigenvalue weighted by Gasteiger charge is 2.09. The molecule has 0 aliphatic carbocycles. The molecule has 72 valence electrons. The maximum absolute atomic E-state index is 8.96. The second-order valence-electron chi connectivity index (χ2n) is 2.31. The Morgan fingerprint density at radius 1 is 1.38 bits per heavy atom. The predicted octanol–water partition coefficient (Wildman–Crippen LogP) is 1.35. The van der Waals surface area contributed by atoms with Crippen LogP contribution in [0, 0.1) is 0 Å². The minimum atomic E-state index is -0.112. The average Bonchev–Trinajstić information content (AvgIpc) is 2.17. The summed E-state index contributed by atoms with van der Waals surface area (Å²) in [5.41, 5.74) is 0.621. The number of ether oxygens (including phenoxy) is 2. The van der Waals surface area contributed by atoms with E-state index >= 15 is 0 Å². The minimum absolute atomic E-state index is 0.112. The summed E-state index contributed by atoms with van der Waals surface area (Å²) in [6.45, 7) is -0.112. The van der Waals surface area contributed by atoms with Crippen molar-refractivity contribution < 1.29 is 14.6 Å². The topological polar surface area (TPSA) is 51.6 Å². The molecule has 1 rings (SSSR count). The summed E-state index contributed by atoms with van der Waals surface area (Å²) in [5.74, 6) is 0.816. The molecule has 1 N–H and O–H groups in total. The smallest absolute Gasteiger partial charge is 0.231 e. The lowest BCUT2D eigenvalue weighted by atomic mass is 10.3. The molecule has 0 spiro atoms. The molecule has 0 saturated carbocycles. The van der Waals surface area contributed by atoms with Crippen molar-refractivity contribution in [2.45, 2.75) is 6.61 Å². The number of aliphatic hydroxyl groups is 1. The van der Waals surface area contributed by atoms with Gasteiger partial charge in [-0.05, 0) is 22.0 Å². The minimum Gasteiger partial charge on any atom is -0.481 e. The lowest BCUT2D eigenvalue weighted by Crippen LogP contribution is -1.98.